The Labute approximate surface area is 128 Å². The van der Waals surface area contributed by atoms with Crippen molar-refractivity contribution in [3.8, 4) is 11.5 Å². The van der Waals surface area contributed by atoms with Gasteiger partial charge in [0.1, 0.15) is 11.5 Å². The van der Waals surface area contributed by atoms with Crippen molar-refractivity contribution in [2.24, 2.45) is 0 Å². The number of nitrogens with two attached hydrogens (primary N) is 1. The Morgan fingerprint density at radius 2 is 1.76 bits per heavy atom. The zero-order valence-electron chi connectivity index (χ0n) is 11.9. The summed E-state index contributed by atoms with van der Waals surface area (Å²) in [6.45, 7) is 2.39. The third-order valence-corrected chi connectivity index (χ3v) is 3.28. The van der Waals surface area contributed by atoms with Crippen molar-refractivity contribution in [2.75, 3.05) is 19.5 Å². The van der Waals surface area contributed by atoms with Crippen molar-refractivity contribution >= 4 is 23.1 Å². The molecule has 5 heteroatoms. The maximum Gasteiger partial charge on any atom is 0.193 e. The maximum atomic E-state index is 12.4. The van der Waals surface area contributed by atoms with E-state index in [0.29, 0.717) is 39.9 Å². The third-order valence-electron chi connectivity index (χ3n) is 2.99. The normalized spacial score (nSPS) is 10.2. The summed E-state index contributed by atoms with van der Waals surface area (Å²) in [5, 5.41) is 0.391. The average molecular weight is 306 g/mol. The molecule has 2 aromatic rings. The molecule has 0 bridgehead atoms. The highest BCUT2D eigenvalue weighted by Gasteiger charge is 2.13. The van der Waals surface area contributed by atoms with Crippen molar-refractivity contribution in [1.29, 1.82) is 0 Å². The fourth-order valence-corrected chi connectivity index (χ4v) is 2.21. The Balaban J connectivity index is 2.31. The third kappa shape index (κ3) is 3.28. The number of hydrogen-bond donors (Lipinski definition) is 1. The fraction of sp³-hybridized carbons (Fsp3) is 0.188. The van der Waals surface area contributed by atoms with Gasteiger partial charge in [-0.2, -0.15) is 0 Å². The monoisotopic (exact) mass is 305 g/mol. The lowest BCUT2D eigenvalue weighted by atomic mass is 10.0. The molecular formula is C16H16ClNO3. The van der Waals surface area contributed by atoms with Gasteiger partial charge in [-0.3, -0.25) is 4.79 Å². The molecule has 0 fully saturated rings. The van der Waals surface area contributed by atoms with E-state index in [1.54, 1.807) is 36.4 Å². The van der Waals surface area contributed by atoms with Crippen molar-refractivity contribution in [3.63, 3.8) is 0 Å². The van der Waals surface area contributed by atoms with Gasteiger partial charge in [0.25, 0.3) is 0 Å². The van der Waals surface area contributed by atoms with Crippen molar-refractivity contribution in [1.82, 2.24) is 0 Å². The number of methoxy groups -OCH3 is 1. The van der Waals surface area contributed by atoms with Crippen LogP contribution >= 0.6 is 11.6 Å². The lowest BCUT2D eigenvalue weighted by Crippen LogP contribution is -2.04. The highest BCUT2D eigenvalue weighted by molar-refractivity contribution is 6.32. The van der Waals surface area contributed by atoms with Crippen molar-refractivity contribution in [2.45, 2.75) is 6.92 Å². The van der Waals surface area contributed by atoms with Crippen LogP contribution in [0, 0.1) is 0 Å². The van der Waals surface area contributed by atoms with Gasteiger partial charge in [0, 0.05) is 11.1 Å². The van der Waals surface area contributed by atoms with E-state index in [2.05, 4.69) is 0 Å². The maximum absolute atomic E-state index is 12.4. The summed E-state index contributed by atoms with van der Waals surface area (Å²) >= 11 is 6.04. The molecule has 110 valence electrons. The molecule has 0 aliphatic heterocycles. The highest BCUT2D eigenvalue weighted by Crippen LogP contribution is 2.28. The molecular weight excluding hydrogens is 290 g/mol. The summed E-state index contributed by atoms with van der Waals surface area (Å²) in [4.78, 5) is 12.4. The van der Waals surface area contributed by atoms with Crippen LogP contribution in [0.4, 0.5) is 5.69 Å². The largest absolute Gasteiger partial charge is 0.495 e. The van der Waals surface area contributed by atoms with Crippen LogP contribution in [-0.4, -0.2) is 19.5 Å². The molecule has 0 saturated heterocycles. The van der Waals surface area contributed by atoms with Gasteiger partial charge in [0.05, 0.1) is 24.4 Å². The summed E-state index contributed by atoms with van der Waals surface area (Å²) in [5.41, 5.74) is 7.27. The van der Waals surface area contributed by atoms with Crippen molar-refractivity contribution in [3.05, 3.63) is 52.5 Å². The smallest absolute Gasteiger partial charge is 0.193 e. The molecule has 0 unspecified atom stereocenters. The molecule has 21 heavy (non-hydrogen) atoms. The van der Waals surface area contributed by atoms with Crippen molar-refractivity contribution < 1.29 is 14.3 Å². The lowest BCUT2D eigenvalue weighted by Gasteiger charge is -2.09. The topological polar surface area (TPSA) is 61.5 Å². The Morgan fingerprint density at radius 1 is 1.14 bits per heavy atom. The molecule has 2 rings (SSSR count). The fourth-order valence-electron chi connectivity index (χ4n) is 1.95. The first-order valence-corrected chi connectivity index (χ1v) is 6.85. The number of nitrogen functional groups attached to an aromatic ring is 1. The van der Waals surface area contributed by atoms with E-state index in [4.69, 9.17) is 26.8 Å². The minimum atomic E-state index is -0.158. The number of carbonyl (C=O) groups is 1. The Kier molecular flexibility index (Phi) is 4.70. The number of anilines is 1. The van der Waals surface area contributed by atoms with Crippen LogP contribution in [0.5, 0.6) is 11.5 Å². The van der Waals surface area contributed by atoms with Gasteiger partial charge in [-0.05, 0) is 43.3 Å². The second-order valence-electron chi connectivity index (χ2n) is 4.36. The zero-order chi connectivity index (χ0) is 15.4. The van der Waals surface area contributed by atoms with Gasteiger partial charge in [-0.15, -0.1) is 0 Å². The first kappa shape index (κ1) is 15.2. The Morgan fingerprint density at radius 3 is 2.29 bits per heavy atom. The van der Waals surface area contributed by atoms with Gasteiger partial charge in [0.15, 0.2) is 5.78 Å². The van der Waals surface area contributed by atoms with E-state index in [0.717, 1.165) is 0 Å². The summed E-state index contributed by atoms with van der Waals surface area (Å²) in [5.74, 6) is 0.940. The standard InChI is InChI=1S/C16H16ClNO3/c1-3-21-15-7-5-11(9-13(15)18)16(19)10-4-6-14(20-2)12(17)8-10/h4-9H,3,18H2,1-2H3. The van der Waals surface area contributed by atoms with Gasteiger partial charge in [0.2, 0.25) is 0 Å². The van der Waals surface area contributed by atoms with Crippen LogP contribution in [0.3, 0.4) is 0 Å². The minimum Gasteiger partial charge on any atom is -0.495 e. The zero-order valence-corrected chi connectivity index (χ0v) is 12.6. The summed E-state index contributed by atoms with van der Waals surface area (Å²) in [7, 11) is 1.52. The van der Waals surface area contributed by atoms with E-state index < -0.39 is 0 Å². The summed E-state index contributed by atoms with van der Waals surface area (Å²) in [6.07, 6.45) is 0. The summed E-state index contributed by atoms with van der Waals surface area (Å²) < 4.78 is 10.4. The van der Waals surface area contributed by atoms with E-state index in [1.165, 1.54) is 7.11 Å². The summed E-state index contributed by atoms with van der Waals surface area (Å²) in [6, 6.07) is 9.88. The van der Waals surface area contributed by atoms with E-state index in [-0.39, 0.29) is 5.78 Å². The number of hydrogen-bond acceptors (Lipinski definition) is 4. The molecule has 0 heterocycles. The lowest BCUT2D eigenvalue weighted by molar-refractivity contribution is 0.103. The van der Waals surface area contributed by atoms with Gasteiger partial charge < -0.3 is 15.2 Å². The van der Waals surface area contributed by atoms with E-state index >= 15 is 0 Å². The van der Waals surface area contributed by atoms with Crippen LogP contribution in [-0.2, 0) is 0 Å². The molecule has 2 N–H and O–H groups in total. The SMILES string of the molecule is CCOc1ccc(C(=O)c2ccc(OC)c(Cl)c2)cc1N. The number of rotatable bonds is 5. The Bertz CT molecular complexity index is 671. The molecule has 0 atom stereocenters. The van der Waals surface area contributed by atoms with Gasteiger partial charge >= 0.3 is 0 Å². The van der Waals surface area contributed by atoms with Crippen LogP contribution in [0.15, 0.2) is 36.4 Å². The van der Waals surface area contributed by atoms with E-state index in [1.807, 2.05) is 6.92 Å². The first-order chi connectivity index (χ1) is 10.1. The molecule has 0 aliphatic carbocycles. The van der Waals surface area contributed by atoms with Gasteiger partial charge in [-0.1, -0.05) is 11.6 Å². The number of ether oxygens (including phenoxy) is 2. The van der Waals surface area contributed by atoms with E-state index in [9.17, 15) is 4.79 Å². The van der Waals surface area contributed by atoms with Crippen LogP contribution in [0.25, 0.3) is 0 Å². The molecule has 0 saturated carbocycles. The quantitative estimate of drug-likeness (QED) is 0.677. The first-order valence-electron chi connectivity index (χ1n) is 6.47. The highest BCUT2D eigenvalue weighted by atomic mass is 35.5. The van der Waals surface area contributed by atoms with Gasteiger partial charge in [-0.25, -0.2) is 0 Å². The molecule has 0 amide bonds. The number of benzene rings is 2. The molecule has 4 nitrogen and oxygen atoms in total. The number of carbonyl (C=O) groups excluding carboxylic acids is 1. The second kappa shape index (κ2) is 6.50. The van der Waals surface area contributed by atoms with Crippen LogP contribution in [0.2, 0.25) is 5.02 Å². The number of halogens is 1. The van der Waals surface area contributed by atoms with Crippen LogP contribution < -0.4 is 15.2 Å². The average Bonchev–Trinajstić information content (AvgIpc) is 2.48. The number of ketones is 1. The molecule has 0 radical (unpaired) electrons. The van der Waals surface area contributed by atoms with Crippen LogP contribution in [0.1, 0.15) is 22.8 Å². The molecule has 2 aromatic carbocycles. The predicted octanol–water partition coefficient (Wildman–Crippen LogP) is 3.56. The molecule has 0 aliphatic rings. The predicted molar refractivity (Wildman–Crippen MR) is 83.5 cm³/mol. The Hall–Kier alpha value is -2.20. The minimum absolute atomic E-state index is 0.158. The molecule has 0 aromatic heterocycles. The molecule has 0 spiro atoms. The second-order valence-corrected chi connectivity index (χ2v) is 4.77.